The van der Waals surface area contributed by atoms with Gasteiger partial charge in [0.2, 0.25) is 0 Å². The van der Waals surface area contributed by atoms with Crippen LogP contribution in [0.15, 0.2) is 20.2 Å². The highest BCUT2D eigenvalue weighted by Gasteiger charge is 2.32. The zero-order valence-electron chi connectivity index (χ0n) is 12.0. The third-order valence-corrected chi connectivity index (χ3v) is 6.16. The van der Waals surface area contributed by atoms with Crippen molar-refractivity contribution < 1.29 is 4.92 Å². The summed E-state index contributed by atoms with van der Waals surface area (Å²) in [4.78, 5) is 13.1. The SMILES string of the molecule is O=[N+]([O-])/C(C(Cl)=C(Cl)Cl)=C(\SC1CCCC1)N1CCNCC1. The maximum Gasteiger partial charge on any atom is 0.319 e. The standard InChI is InChI=1S/C13H18Cl3N3O2S/c14-10(12(15)16)11(19(20)21)13(18-7-5-17-6-8-18)22-9-3-1-2-4-9/h9,17H,1-8H2/b13-11-. The van der Waals surface area contributed by atoms with Gasteiger partial charge in [-0.05, 0) is 12.8 Å². The van der Waals surface area contributed by atoms with Gasteiger partial charge in [-0.25, -0.2) is 0 Å². The molecule has 0 atom stereocenters. The summed E-state index contributed by atoms with van der Waals surface area (Å²) >= 11 is 19.0. The Morgan fingerprint density at radius 3 is 2.27 bits per heavy atom. The van der Waals surface area contributed by atoms with Crippen molar-refractivity contribution in [3.05, 3.63) is 30.4 Å². The molecule has 22 heavy (non-hydrogen) atoms. The van der Waals surface area contributed by atoms with Gasteiger partial charge in [-0.2, -0.15) is 0 Å². The fourth-order valence-electron chi connectivity index (χ4n) is 2.65. The molecule has 2 rings (SSSR count). The monoisotopic (exact) mass is 385 g/mol. The first-order chi connectivity index (χ1) is 10.5. The van der Waals surface area contributed by atoms with E-state index in [1.165, 1.54) is 12.8 Å². The molecule has 0 radical (unpaired) electrons. The molecule has 0 aromatic carbocycles. The minimum atomic E-state index is -0.480. The Hall–Kier alpha value is -0.140. The number of allylic oxidation sites excluding steroid dienone is 1. The van der Waals surface area contributed by atoms with E-state index in [-0.39, 0.29) is 15.2 Å². The Labute approximate surface area is 149 Å². The molecule has 2 fully saturated rings. The summed E-state index contributed by atoms with van der Waals surface area (Å²) in [7, 11) is 0. The number of hydrogen-bond acceptors (Lipinski definition) is 5. The van der Waals surface area contributed by atoms with Gasteiger partial charge in [-0.15, -0.1) is 0 Å². The second-order valence-electron chi connectivity index (χ2n) is 5.25. The highest BCUT2D eigenvalue weighted by Crippen LogP contribution is 2.40. The minimum absolute atomic E-state index is 0.180. The second kappa shape index (κ2) is 8.64. The zero-order valence-corrected chi connectivity index (χ0v) is 15.1. The molecule has 124 valence electrons. The van der Waals surface area contributed by atoms with E-state index < -0.39 is 4.92 Å². The van der Waals surface area contributed by atoms with Crippen molar-refractivity contribution in [2.24, 2.45) is 0 Å². The number of thioether (sulfide) groups is 1. The lowest BCUT2D eigenvalue weighted by molar-refractivity contribution is -0.421. The fourth-order valence-corrected chi connectivity index (χ4v) is 4.55. The molecular weight excluding hydrogens is 369 g/mol. The molecular formula is C13H18Cl3N3O2S. The molecule has 2 aliphatic rings. The van der Waals surface area contributed by atoms with Gasteiger partial charge in [0, 0.05) is 31.4 Å². The van der Waals surface area contributed by atoms with E-state index in [1.54, 1.807) is 11.8 Å². The zero-order chi connectivity index (χ0) is 16.1. The molecule has 0 amide bonds. The van der Waals surface area contributed by atoms with Gasteiger partial charge in [0.1, 0.15) is 4.49 Å². The van der Waals surface area contributed by atoms with Gasteiger partial charge in [-0.3, -0.25) is 10.1 Å². The third-order valence-electron chi connectivity index (χ3n) is 3.74. The molecule has 1 heterocycles. The minimum Gasteiger partial charge on any atom is -0.358 e. The summed E-state index contributed by atoms with van der Waals surface area (Å²) in [5, 5.41) is 15.6. The number of rotatable bonds is 5. The molecule has 0 bridgehead atoms. The second-order valence-corrected chi connectivity index (χ2v) is 7.86. The normalized spacial score (nSPS) is 20.8. The molecule has 1 saturated carbocycles. The van der Waals surface area contributed by atoms with Gasteiger partial charge in [-0.1, -0.05) is 59.4 Å². The Bertz CT molecular complexity index is 483. The average Bonchev–Trinajstić information content (AvgIpc) is 3.00. The Balaban J connectivity index is 2.39. The lowest BCUT2D eigenvalue weighted by atomic mass is 10.3. The molecule has 1 N–H and O–H groups in total. The first-order valence-electron chi connectivity index (χ1n) is 7.23. The van der Waals surface area contributed by atoms with Gasteiger partial charge < -0.3 is 10.2 Å². The van der Waals surface area contributed by atoms with E-state index in [9.17, 15) is 10.1 Å². The molecule has 0 unspecified atom stereocenters. The fraction of sp³-hybridized carbons (Fsp3) is 0.692. The van der Waals surface area contributed by atoms with Gasteiger partial charge in [0.15, 0.2) is 10.1 Å². The highest BCUT2D eigenvalue weighted by atomic mass is 35.5. The predicted octanol–water partition coefficient (Wildman–Crippen LogP) is 3.90. The topological polar surface area (TPSA) is 58.4 Å². The number of piperazine rings is 1. The lowest BCUT2D eigenvalue weighted by Gasteiger charge is -2.31. The van der Waals surface area contributed by atoms with Crippen LogP contribution >= 0.6 is 46.6 Å². The Kier molecular flexibility index (Phi) is 7.15. The molecule has 1 saturated heterocycles. The summed E-state index contributed by atoms with van der Waals surface area (Å²) in [6.07, 6.45) is 4.47. The van der Waals surface area contributed by atoms with Gasteiger partial charge >= 0.3 is 5.70 Å². The number of nitro groups is 1. The molecule has 0 aromatic heterocycles. The van der Waals surface area contributed by atoms with Crippen LogP contribution in [-0.2, 0) is 0 Å². The van der Waals surface area contributed by atoms with E-state index >= 15 is 0 Å². The number of nitrogens with zero attached hydrogens (tertiary/aromatic N) is 2. The number of hydrogen-bond donors (Lipinski definition) is 1. The van der Waals surface area contributed by atoms with E-state index in [1.807, 2.05) is 4.90 Å². The summed E-state index contributed by atoms with van der Waals surface area (Å²) in [6.45, 7) is 2.98. The molecule has 5 nitrogen and oxygen atoms in total. The van der Waals surface area contributed by atoms with Crippen LogP contribution in [-0.4, -0.2) is 41.3 Å². The third kappa shape index (κ3) is 4.68. The number of halogens is 3. The van der Waals surface area contributed by atoms with Crippen molar-refractivity contribution in [2.75, 3.05) is 26.2 Å². The van der Waals surface area contributed by atoms with Crippen LogP contribution < -0.4 is 5.32 Å². The lowest BCUT2D eigenvalue weighted by Crippen LogP contribution is -2.43. The first kappa shape index (κ1) is 18.2. The molecule has 0 spiro atoms. The highest BCUT2D eigenvalue weighted by molar-refractivity contribution is 8.03. The van der Waals surface area contributed by atoms with Crippen LogP contribution in [0.3, 0.4) is 0 Å². The smallest absolute Gasteiger partial charge is 0.319 e. The van der Waals surface area contributed by atoms with E-state index in [4.69, 9.17) is 34.8 Å². The van der Waals surface area contributed by atoms with Crippen molar-refractivity contribution in [1.82, 2.24) is 10.2 Å². The maximum atomic E-state index is 11.6. The van der Waals surface area contributed by atoms with Crippen LogP contribution in [0.5, 0.6) is 0 Å². The van der Waals surface area contributed by atoms with Crippen LogP contribution in [0.1, 0.15) is 25.7 Å². The van der Waals surface area contributed by atoms with Crippen molar-refractivity contribution in [1.29, 1.82) is 0 Å². The maximum absolute atomic E-state index is 11.6. The average molecular weight is 387 g/mol. The van der Waals surface area contributed by atoms with Gasteiger partial charge in [0.05, 0.1) is 4.92 Å². The largest absolute Gasteiger partial charge is 0.358 e. The van der Waals surface area contributed by atoms with Crippen LogP contribution in [0.4, 0.5) is 0 Å². The van der Waals surface area contributed by atoms with Crippen molar-refractivity contribution in [3.63, 3.8) is 0 Å². The van der Waals surface area contributed by atoms with Crippen molar-refractivity contribution >= 4 is 46.6 Å². The van der Waals surface area contributed by atoms with Crippen LogP contribution in [0.2, 0.25) is 0 Å². The quantitative estimate of drug-likeness (QED) is 0.441. The molecule has 0 aromatic rings. The van der Waals surface area contributed by atoms with Crippen molar-refractivity contribution in [2.45, 2.75) is 30.9 Å². The van der Waals surface area contributed by atoms with E-state index in [0.29, 0.717) is 23.4 Å². The summed E-state index contributed by atoms with van der Waals surface area (Å²) in [5.41, 5.74) is -0.180. The summed E-state index contributed by atoms with van der Waals surface area (Å²) < 4.78 is -0.270. The van der Waals surface area contributed by atoms with Crippen molar-refractivity contribution in [3.8, 4) is 0 Å². The van der Waals surface area contributed by atoms with Gasteiger partial charge in [0.25, 0.3) is 0 Å². The molecule has 1 aliphatic heterocycles. The van der Waals surface area contributed by atoms with Crippen LogP contribution in [0, 0.1) is 10.1 Å². The molecule has 1 aliphatic carbocycles. The Morgan fingerprint density at radius 1 is 1.18 bits per heavy atom. The van der Waals surface area contributed by atoms with E-state index in [0.717, 1.165) is 25.9 Å². The van der Waals surface area contributed by atoms with E-state index in [2.05, 4.69) is 5.32 Å². The Morgan fingerprint density at radius 2 is 1.77 bits per heavy atom. The number of nitrogens with one attached hydrogen (secondary N) is 1. The summed E-state index contributed by atoms with van der Waals surface area (Å²) in [6, 6.07) is 0. The summed E-state index contributed by atoms with van der Waals surface area (Å²) in [5.74, 6) is 0. The van der Waals surface area contributed by atoms with Crippen LogP contribution in [0.25, 0.3) is 0 Å². The first-order valence-corrected chi connectivity index (χ1v) is 9.24. The molecule has 9 heteroatoms. The predicted molar refractivity (Wildman–Crippen MR) is 92.9 cm³/mol.